The predicted molar refractivity (Wildman–Crippen MR) is 67.3 cm³/mol. The van der Waals surface area contributed by atoms with Gasteiger partial charge in [0, 0.05) is 6.07 Å². The van der Waals surface area contributed by atoms with Crippen molar-refractivity contribution in [2.75, 3.05) is 17.3 Å². The van der Waals surface area contributed by atoms with Crippen LogP contribution in [0.4, 0.5) is 11.9 Å². The first-order valence-corrected chi connectivity index (χ1v) is 5.80. The lowest BCUT2D eigenvalue weighted by molar-refractivity contribution is 0.292. The van der Waals surface area contributed by atoms with Gasteiger partial charge in [-0.3, -0.25) is 5.43 Å². The molecule has 0 aliphatic carbocycles. The largest absolute Gasteiger partial charge is 0.463 e. The van der Waals surface area contributed by atoms with Crippen LogP contribution >= 0.6 is 0 Å². The molecule has 0 atom stereocenters. The summed E-state index contributed by atoms with van der Waals surface area (Å²) in [6, 6.07) is 1.96. The third kappa shape index (κ3) is 3.78. The van der Waals surface area contributed by atoms with Crippen molar-refractivity contribution in [1.82, 2.24) is 20.1 Å². The van der Waals surface area contributed by atoms with Crippen LogP contribution in [0, 0.1) is 0 Å². The molecule has 0 aliphatic rings. The molecule has 0 saturated carbocycles. The number of rotatable bonds is 7. The normalized spacial score (nSPS) is 10.2. The molecule has 2 rings (SSSR count). The highest BCUT2D eigenvalue weighted by Crippen LogP contribution is 2.11. The number of nitrogens with one attached hydrogen (secondary N) is 2. The molecule has 2 aromatic rings. The lowest BCUT2D eigenvalue weighted by Gasteiger charge is -2.07. The van der Waals surface area contributed by atoms with E-state index in [-0.39, 0.29) is 12.0 Å². The summed E-state index contributed by atoms with van der Waals surface area (Å²) in [5, 5.41) is 6.74. The molecule has 0 amide bonds. The number of nitrogens with zero attached hydrogens (tertiary/aromatic N) is 4. The molecule has 0 bridgehead atoms. The molecule has 2 aromatic heterocycles. The van der Waals surface area contributed by atoms with Crippen molar-refractivity contribution in [1.29, 1.82) is 0 Å². The number of hydrogen-bond acceptors (Lipinski definition) is 9. The molecule has 2 heterocycles. The minimum Gasteiger partial charge on any atom is -0.463 e. The van der Waals surface area contributed by atoms with Crippen molar-refractivity contribution in [3.8, 4) is 6.01 Å². The Hall–Kier alpha value is -2.42. The maximum atomic E-state index is 5.34. The Balaban J connectivity index is 2.05. The van der Waals surface area contributed by atoms with E-state index in [1.165, 1.54) is 6.26 Å². The third-order valence-corrected chi connectivity index (χ3v) is 2.10. The Bertz CT molecular complexity index is 503. The highest BCUT2D eigenvalue weighted by molar-refractivity contribution is 5.35. The number of anilines is 2. The van der Waals surface area contributed by atoms with Crippen LogP contribution in [-0.2, 0) is 6.54 Å². The average molecular weight is 265 g/mol. The SMILES string of the molecule is CCCOc1nc(NN)nc(NCc2ccon2)n1. The first-order valence-electron chi connectivity index (χ1n) is 5.80. The van der Waals surface area contributed by atoms with E-state index in [0.29, 0.717) is 19.1 Å². The number of hydrogen-bond donors (Lipinski definition) is 3. The van der Waals surface area contributed by atoms with Gasteiger partial charge in [0.15, 0.2) is 0 Å². The predicted octanol–water partition coefficient (Wildman–Crippen LogP) is 0.546. The van der Waals surface area contributed by atoms with Crippen molar-refractivity contribution < 1.29 is 9.26 Å². The monoisotopic (exact) mass is 265 g/mol. The van der Waals surface area contributed by atoms with Gasteiger partial charge in [-0.1, -0.05) is 12.1 Å². The zero-order valence-corrected chi connectivity index (χ0v) is 10.5. The van der Waals surface area contributed by atoms with Crippen LogP contribution in [-0.4, -0.2) is 26.7 Å². The zero-order chi connectivity index (χ0) is 13.5. The molecule has 102 valence electrons. The number of nitrogen functional groups attached to an aromatic ring is 1. The minimum atomic E-state index is 0.215. The maximum Gasteiger partial charge on any atom is 0.323 e. The van der Waals surface area contributed by atoms with Gasteiger partial charge in [0.25, 0.3) is 0 Å². The maximum absolute atomic E-state index is 5.34. The van der Waals surface area contributed by atoms with E-state index in [1.54, 1.807) is 6.07 Å². The Morgan fingerprint density at radius 1 is 1.32 bits per heavy atom. The molecule has 9 nitrogen and oxygen atoms in total. The van der Waals surface area contributed by atoms with Gasteiger partial charge in [-0.05, 0) is 6.42 Å². The second kappa shape index (κ2) is 6.50. The van der Waals surface area contributed by atoms with Crippen LogP contribution in [0.3, 0.4) is 0 Å². The van der Waals surface area contributed by atoms with E-state index in [0.717, 1.165) is 12.1 Å². The molecule has 0 radical (unpaired) electrons. The second-order valence-electron chi connectivity index (χ2n) is 3.60. The van der Waals surface area contributed by atoms with Crippen LogP contribution in [0.2, 0.25) is 0 Å². The number of aromatic nitrogens is 4. The highest BCUT2D eigenvalue weighted by Gasteiger charge is 2.07. The fourth-order valence-electron chi connectivity index (χ4n) is 1.26. The molecule has 19 heavy (non-hydrogen) atoms. The lowest BCUT2D eigenvalue weighted by Crippen LogP contribution is -2.14. The minimum absolute atomic E-state index is 0.215. The summed E-state index contributed by atoms with van der Waals surface area (Å²) in [5.41, 5.74) is 3.10. The van der Waals surface area contributed by atoms with Crippen molar-refractivity contribution in [2.45, 2.75) is 19.9 Å². The smallest absolute Gasteiger partial charge is 0.323 e. The van der Waals surface area contributed by atoms with Crippen LogP contribution in [0.15, 0.2) is 16.9 Å². The number of nitrogens with two attached hydrogens (primary N) is 1. The molecule has 0 aliphatic heterocycles. The van der Waals surface area contributed by atoms with Crippen LogP contribution in [0.1, 0.15) is 19.0 Å². The molecule has 9 heteroatoms. The quantitative estimate of drug-likeness (QED) is 0.486. The van der Waals surface area contributed by atoms with Gasteiger partial charge >= 0.3 is 6.01 Å². The third-order valence-electron chi connectivity index (χ3n) is 2.10. The van der Waals surface area contributed by atoms with E-state index < -0.39 is 0 Å². The number of hydrazine groups is 1. The summed E-state index contributed by atoms with van der Waals surface area (Å²) in [6.07, 6.45) is 2.35. The average Bonchev–Trinajstić information content (AvgIpc) is 2.96. The molecule has 0 spiro atoms. The van der Waals surface area contributed by atoms with Crippen molar-refractivity contribution >= 4 is 11.9 Å². The van der Waals surface area contributed by atoms with Gasteiger partial charge in [0.05, 0.1) is 13.2 Å². The fourth-order valence-corrected chi connectivity index (χ4v) is 1.26. The lowest BCUT2D eigenvalue weighted by atomic mass is 10.4. The van der Waals surface area contributed by atoms with Gasteiger partial charge in [-0.2, -0.15) is 15.0 Å². The summed E-state index contributed by atoms with van der Waals surface area (Å²) in [4.78, 5) is 12.1. The summed E-state index contributed by atoms with van der Waals surface area (Å²) in [6.45, 7) is 2.95. The van der Waals surface area contributed by atoms with Crippen molar-refractivity contribution in [3.63, 3.8) is 0 Å². The highest BCUT2D eigenvalue weighted by atomic mass is 16.5. The van der Waals surface area contributed by atoms with Gasteiger partial charge in [-0.25, -0.2) is 5.84 Å². The molecular weight excluding hydrogens is 250 g/mol. The van der Waals surface area contributed by atoms with Gasteiger partial charge < -0.3 is 14.6 Å². The van der Waals surface area contributed by atoms with Gasteiger partial charge in [0.2, 0.25) is 11.9 Å². The zero-order valence-electron chi connectivity index (χ0n) is 10.5. The summed E-state index contributed by atoms with van der Waals surface area (Å²) >= 11 is 0. The Kier molecular flexibility index (Phi) is 4.45. The first kappa shape index (κ1) is 13.0. The summed E-state index contributed by atoms with van der Waals surface area (Å²) in [7, 11) is 0. The van der Waals surface area contributed by atoms with E-state index in [2.05, 4.69) is 30.9 Å². The van der Waals surface area contributed by atoms with Crippen molar-refractivity contribution in [2.24, 2.45) is 5.84 Å². The topological polar surface area (TPSA) is 124 Å². The van der Waals surface area contributed by atoms with Crippen LogP contribution < -0.4 is 21.3 Å². The van der Waals surface area contributed by atoms with Crippen LogP contribution in [0.25, 0.3) is 0 Å². The Labute approximate surface area is 109 Å². The van der Waals surface area contributed by atoms with Crippen LogP contribution in [0.5, 0.6) is 6.01 Å². The Morgan fingerprint density at radius 3 is 2.84 bits per heavy atom. The molecular formula is C10H15N7O2. The Morgan fingerprint density at radius 2 is 2.16 bits per heavy atom. The molecule has 0 fully saturated rings. The molecule has 0 aromatic carbocycles. The molecule has 0 unspecified atom stereocenters. The second-order valence-corrected chi connectivity index (χ2v) is 3.60. The van der Waals surface area contributed by atoms with Crippen molar-refractivity contribution in [3.05, 3.63) is 18.0 Å². The summed E-state index contributed by atoms with van der Waals surface area (Å²) in [5.74, 6) is 5.86. The van der Waals surface area contributed by atoms with E-state index in [4.69, 9.17) is 15.1 Å². The van der Waals surface area contributed by atoms with E-state index in [1.807, 2.05) is 6.92 Å². The van der Waals surface area contributed by atoms with Gasteiger partial charge in [-0.15, -0.1) is 0 Å². The van der Waals surface area contributed by atoms with E-state index in [9.17, 15) is 0 Å². The molecule has 0 saturated heterocycles. The standard InChI is InChI=1S/C10H15N7O2/c1-2-4-18-10-14-8(13-9(15-10)16-11)12-6-7-3-5-19-17-7/h3,5H,2,4,6,11H2,1H3,(H2,12,13,14,15,16). The fraction of sp³-hybridized carbons (Fsp3) is 0.400. The summed E-state index contributed by atoms with van der Waals surface area (Å²) < 4.78 is 10.1. The molecule has 4 N–H and O–H groups in total. The first-order chi connectivity index (χ1) is 9.31. The van der Waals surface area contributed by atoms with E-state index >= 15 is 0 Å². The van der Waals surface area contributed by atoms with Gasteiger partial charge in [0.1, 0.15) is 12.0 Å². The number of ether oxygens (including phenoxy) is 1.